The number of nitrogens with two attached hydrogens (primary N) is 1. The summed E-state index contributed by atoms with van der Waals surface area (Å²) in [6.45, 7) is 4.85. The van der Waals surface area contributed by atoms with Gasteiger partial charge in [-0.15, -0.1) is 0 Å². The Bertz CT molecular complexity index is 507. The van der Waals surface area contributed by atoms with Crippen molar-refractivity contribution < 1.29 is 4.52 Å². The summed E-state index contributed by atoms with van der Waals surface area (Å²) in [5.41, 5.74) is 7.71. The maximum atomic E-state index is 5.56. The second-order valence-electron chi connectivity index (χ2n) is 4.51. The van der Waals surface area contributed by atoms with E-state index in [2.05, 4.69) is 36.1 Å². The van der Waals surface area contributed by atoms with Crippen molar-refractivity contribution in [3.63, 3.8) is 0 Å². The second kappa shape index (κ2) is 5.78. The smallest absolute Gasteiger partial charge is 0.257 e. The lowest BCUT2D eigenvalue weighted by molar-refractivity contribution is 0.416. The van der Waals surface area contributed by atoms with Crippen molar-refractivity contribution in [1.29, 1.82) is 0 Å². The van der Waals surface area contributed by atoms with Gasteiger partial charge in [0.05, 0.1) is 0 Å². The molecule has 0 saturated carbocycles. The lowest BCUT2D eigenvalue weighted by atomic mass is 10.1. The van der Waals surface area contributed by atoms with Crippen molar-refractivity contribution in [2.75, 3.05) is 6.54 Å². The molecule has 1 aromatic carbocycles. The number of rotatable bonds is 5. The minimum Gasteiger partial charge on any atom is -0.334 e. The topological polar surface area (TPSA) is 64.9 Å². The van der Waals surface area contributed by atoms with Gasteiger partial charge in [-0.05, 0) is 37.1 Å². The Morgan fingerprint density at radius 2 is 2.22 bits per heavy atom. The van der Waals surface area contributed by atoms with Gasteiger partial charge in [-0.25, -0.2) is 0 Å². The van der Waals surface area contributed by atoms with Crippen molar-refractivity contribution in [2.45, 2.75) is 32.6 Å². The molecule has 0 fully saturated rings. The van der Waals surface area contributed by atoms with Crippen molar-refractivity contribution in [1.82, 2.24) is 10.1 Å². The van der Waals surface area contributed by atoms with E-state index in [0.717, 1.165) is 24.2 Å². The van der Waals surface area contributed by atoms with Crippen LogP contribution in [0.2, 0.25) is 0 Å². The molecule has 0 aliphatic heterocycles. The minimum atomic E-state index is 0.328. The zero-order chi connectivity index (χ0) is 13.0. The molecule has 4 heteroatoms. The van der Waals surface area contributed by atoms with Crippen molar-refractivity contribution in [3.8, 4) is 11.5 Å². The van der Waals surface area contributed by atoms with E-state index in [-0.39, 0.29) is 0 Å². The van der Waals surface area contributed by atoms with E-state index in [9.17, 15) is 0 Å². The molecular weight excluding hydrogens is 226 g/mol. The van der Waals surface area contributed by atoms with Crippen molar-refractivity contribution >= 4 is 0 Å². The van der Waals surface area contributed by atoms with Crippen LogP contribution in [0.1, 0.15) is 37.6 Å². The molecule has 18 heavy (non-hydrogen) atoms. The number of hydrogen-bond acceptors (Lipinski definition) is 4. The van der Waals surface area contributed by atoms with Gasteiger partial charge in [0.15, 0.2) is 5.82 Å². The van der Waals surface area contributed by atoms with Gasteiger partial charge in [-0.2, -0.15) is 4.98 Å². The predicted octanol–water partition coefficient (Wildman–Crippen LogP) is 2.75. The van der Waals surface area contributed by atoms with E-state index in [1.807, 2.05) is 12.1 Å². The Kier molecular flexibility index (Phi) is 4.10. The molecule has 0 saturated heterocycles. The molecule has 2 N–H and O–H groups in total. The monoisotopic (exact) mass is 245 g/mol. The van der Waals surface area contributed by atoms with Crippen LogP contribution in [-0.4, -0.2) is 16.7 Å². The van der Waals surface area contributed by atoms with E-state index in [1.54, 1.807) is 0 Å². The van der Waals surface area contributed by atoms with Crippen LogP contribution in [0.15, 0.2) is 28.8 Å². The molecule has 0 aliphatic carbocycles. The summed E-state index contributed by atoms with van der Waals surface area (Å²) >= 11 is 0. The minimum absolute atomic E-state index is 0.328. The Balaban J connectivity index is 2.25. The zero-order valence-electron chi connectivity index (χ0n) is 10.9. The first-order valence-corrected chi connectivity index (χ1v) is 6.37. The average molecular weight is 245 g/mol. The summed E-state index contributed by atoms with van der Waals surface area (Å²) in [5, 5.41) is 4.03. The first-order valence-electron chi connectivity index (χ1n) is 6.37. The molecule has 1 aromatic heterocycles. The summed E-state index contributed by atoms with van der Waals surface area (Å²) in [6.07, 6.45) is 1.87. The molecule has 0 aliphatic rings. The lowest BCUT2D eigenvalue weighted by Gasteiger charge is -2.00. The summed E-state index contributed by atoms with van der Waals surface area (Å²) < 4.78 is 5.31. The standard InChI is InChI=1S/C14H19N3O/c1-3-10(2)13-16-14(18-17-13)12-6-4-5-11(9-12)7-8-15/h4-6,9-10H,3,7-8,15H2,1-2H3. The lowest BCUT2D eigenvalue weighted by Crippen LogP contribution is -2.02. The van der Waals surface area contributed by atoms with Crippen LogP contribution >= 0.6 is 0 Å². The van der Waals surface area contributed by atoms with Crippen LogP contribution in [0, 0.1) is 0 Å². The molecule has 96 valence electrons. The summed E-state index contributed by atoms with van der Waals surface area (Å²) in [6, 6.07) is 8.09. The number of hydrogen-bond donors (Lipinski definition) is 1. The molecule has 0 amide bonds. The molecule has 0 radical (unpaired) electrons. The van der Waals surface area contributed by atoms with Crippen molar-refractivity contribution in [3.05, 3.63) is 35.7 Å². The molecule has 1 heterocycles. The molecule has 2 aromatic rings. The van der Waals surface area contributed by atoms with Gasteiger partial charge in [0.1, 0.15) is 0 Å². The Morgan fingerprint density at radius 1 is 1.39 bits per heavy atom. The maximum Gasteiger partial charge on any atom is 0.257 e. The highest BCUT2D eigenvalue weighted by Gasteiger charge is 2.13. The Morgan fingerprint density at radius 3 is 2.94 bits per heavy atom. The third kappa shape index (κ3) is 2.76. The molecule has 1 unspecified atom stereocenters. The van der Waals surface area contributed by atoms with Gasteiger partial charge >= 0.3 is 0 Å². The number of benzene rings is 1. The van der Waals surface area contributed by atoms with E-state index >= 15 is 0 Å². The van der Waals surface area contributed by atoms with E-state index in [0.29, 0.717) is 18.4 Å². The van der Waals surface area contributed by atoms with Gasteiger partial charge in [0, 0.05) is 11.5 Å². The average Bonchev–Trinajstić information content (AvgIpc) is 2.88. The summed E-state index contributed by atoms with van der Waals surface area (Å²) in [5.74, 6) is 1.69. The summed E-state index contributed by atoms with van der Waals surface area (Å²) in [4.78, 5) is 4.44. The van der Waals surface area contributed by atoms with Gasteiger partial charge < -0.3 is 10.3 Å². The van der Waals surface area contributed by atoms with E-state index in [1.165, 1.54) is 5.56 Å². The highest BCUT2D eigenvalue weighted by Crippen LogP contribution is 2.22. The largest absolute Gasteiger partial charge is 0.334 e. The third-order valence-corrected chi connectivity index (χ3v) is 3.10. The molecule has 1 atom stereocenters. The molecule has 2 rings (SSSR count). The first kappa shape index (κ1) is 12.8. The molecule has 0 bridgehead atoms. The molecule has 4 nitrogen and oxygen atoms in total. The molecule has 0 spiro atoms. The van der Waals surface area contributed by atoms with Crippen LogP contribution in [0.5, 0.6) is 0 Å². The van der Waals surface area contributed by atoms with Crippen LogP contribution in [0.4, 0.5) is 0 Å². The SMILES string of the molecule is CCC(C)c1noc(-c2cccc(CCN)c2)n1. The first-order chi connectivity index (χ1) is 8.74. The number of nitrogens with zero attached hydrogens (tertiary/aromatic N) is 2. The zero-order valence-corrected chi connectivity index (χ0v) is 10.9. The van der Waals surface area contributed by atoms with E-state index < -0.39 is 0 Å². The van der Waals surface area contributed by atoms with Gasteiger partial charge in [0.2, 0.25) is 0 Å². The highest BCUT2D eigenvalue weighted by molar-refractivity contribution is 5.54. The Labute approximate surface area is 107 Å². The fourth-order valence-electron chi connectivity index (χ4n) is 1.76. The van der Waals surface area contributed by atoms with Gasteiger partial charge in [-0.3, -0.25) is 0 Å². The Hall–Kier alpha value is -1.68. The highest BCUT2D eigenvalue weighted by atomic mass is 16.5. The predicted molar refractivity (Wildman–Crippen MR) is 71.2 cm³/mol. The fraction of sp³-hybridized carbons (Fsp3) is 0.429. The fourth-order valence-corrected chi connectivity index (χ4v) is 1.76. The van der Waals surface area contributed by atoms with Crippen LogP contribution in [0.25, 0.3) is 11.5 Å². The van der Waals surface area contributed by atoms with Crippen molar-refractivity contribution in [2.24, 2.45) is 5.73 Å². The molecular formula is C14H19N3O. The normalized spacial score (nSPS) is 12.6. The third-order valence-electron chi connectivity index (χ3n) is 3.10. The second-order valence-corrected chi connectivity index (χ2v) is 4.51. The summed E-state index contributed by atoms with van der Waals surface area (Å²) in [7, 11) is 0. The van der Waals surface area contributed by atoms with Gasteiger partial charge in [-0.1, -0.05) is 31.1 Å². The quantitative estimate of drug-likeness (QED) is 0.879. The maximum absolute atomic E-state index is 5.56. The number of aromatic nitrogens is 2. The van der Waals surface area contributed by atoms with Crippen LogP contribution < -0.4 is 5.73 Å². The van der Waals surface area contributed by atoms with Crippen LogP contribution in [0.3, 0.4) is 0 Å². The van der Waals surface area contributed by atoms with E-state index in [4.69, 9.17) is 10.3 Å². The van der Waals surface area contributed by atoms with Gasteiger partial charge in [0.25, 0.3) is 5.89 Å². The van der Waals surface area contributed by atoms with Crippen LogP contribution in [-0.2, 0) is 6.42 Å².